The number of esters is 1. The molecule has 0 aliphatic rings. The predicted octanol–water partition coefficient (Wildman–Crippen LogP) is 3.83. The van der Waals surface area contributed by atoms with Crippen molar-refractivity contribution < 1.29 is 14.3 Å². The van der Waals surface area contributed by atoms with E-state index < -0.39 is 18.0 Å². The number of halogens is 1. The van der Waals surface area contributed by atoms with Gasteiger partial charge in [0.1, 0.15) is 0 Å². The van der Waals surface area contributed by atoms with Crippen molar-refractivity contribution in [3.63, 3.8) is 0 Å². The molecule has 0 aliphatic heterocycles. The van der Waals surface area contributed by atoms with Crippen LogP contribution in [0.3, 0.4) is 0 Å². The van der Waals surface area contributed by atoms with Crippen molar-refractivity contribution in [1.29, 1.82) is 0 Å². The minimum Gasteiger partial charge on any atom is -0.449 e. The number of aryl methyl sites for hydroxylation is 1. The molecule has 5 heteroatoms. The van der Waals surface area contributed by atoms with Gasteiger partial charge in [0, 0.05) is 5.69 Å². The van der Waals surface area contributed by atoms with Crippen molar-refractivity contribution in [3.05, 3.63) is 64.7 Å². The van der Waals surface area contributed by atoms with Gasteiger partial charge in [0.15, 0.2) is 6.10 Å². The molecule has 0 aliphatic carbocycles. The van der Waals surface area contributed by atoms with Gasteiger partial charge >= 0.3 is 5.97 Å². The second-order valence-electron chi connectivity index (χ2n) is 4.89. The van der Waals surface area contributed by atoms with Crippen molar-refractivity contribution in [1.82, 2.24) is 0 Å². The highest BCUT2D eigenvalue weighted by Gasteiger charge is 2.20. The van der Waals surface area contributed by atoms with Crippen LogP contribution in [0.25, 0.3) is 0 Å². The smallest absolute Gasteiger partial charge is 0.340 e. The number of hydrogen-bond acceptors (Lipinski definition) is 3. The summed E-state index contributed by atoms with van der Waals surface area (Å²) in [6.07, 6.45) is -0.927. The number of benzene rings is 2. The van der Waals surface area contributed by atoms with E-state index >= 15 is 0 Å². The molecule has 1 amide bonds. The standard InChI is InChI=1S/C17H16ClNO3/c1-11-6-5-7-13(10-11)19-16(20)12(2)22-17(21)14-8-3-4-9-15(14)18/h3-10,12H,1-2H3,(H,19,20)/t12-/m0/s1. The highest BCUT2D eigenvalue weighted by molar-refractivity contribution is 6.33. The van der Waals surface area contributed by atoms with Gasteiger partial charge in [0.05, 0.1) is 10.6 Å². The fraction of sp³-hybridized carbons (Fsp3) is 0.176. The molecule has 0 saturated carbocycles. The molecule has 0 saturated heterocycles. The Morgan fingerprint density at radius 1 is 1.14 bits per heavy atom. The molecule has 22 heavy (non-hydrogen) atoms. The van der Waals surface area contributed by atoms with Gasteiger partial charge in [-0.2, -0.15) is 0 Å². The average molecular weight is 318 g/mol. The molecule has 2 aromatic rings. The first-order valence-electron chi connectivity index (χ1n) is 6.80. The van der Waals surface area contributed by atoms with E-state index in [1.165, 1.54) is 6.92 Å². The number of anilines is 1. The molecule has 0 bridgehead atoms. The molecule has 2 rings (SSSR count). The third-order valence-corrected chi connectivity index (χ3v) is 3.36. The van der Waals surface area contributed by atoms with Crippen molar-refractivity contribution in [2.24, 2.45) is 0 Å². The molecular weight excluding hydrogens is 302 g/mol. The van der Waals surface area contributed by atoms with E-state index in [4.69, 9.17) is 16.3 Å². The Morgan fingerprint density at radius 3 is 2.55 bits per heavy atom. The molecule has 4 nitrogen and oxygen atoms in total. The average Bonchev–Trinajstić information content (AvgIpc) is 2.47. The van der Waals surface area contributed by atoms with E-state index in [1.807, 2.05) is 25.1 Å². The Morgan fingerprint density at radius 2 is 1.86 bits per heavy atom. The summed E-state index contributed by atoms with van der Waals surface area (Å²) in [6, 6.07) is 13.9. The molecule has 1 N–H and O–H groups in total. The maximum Gasteiger partial charge on any atom is 0.340 e. The maximum absolute atomic E-state index is 12.1. The van der Waals surface area contributed by atoms with Gasteiger partial charge in [0.2, 0.25) is 0 Å². The first-order chi connectivity index (χ1) is 10.5. The lowest BCUT2D eigenvalue weighted by atomic mass is 10.2. The van der Waals surface area contributed by atoms with Crippen LogP contribution in [0.2, 0.25) is 5.02 Å². The summed E-state index contributed by atoms with van der Waals surface area (Å²) < 4.78 is 5.15. The minimum atomic E-state index is -0.927. The van der Waals surface area contributed by atoms with Gasteiger partial charge in [-0.1, -0.05) is 35.9 Å². The summed E-state index contributed by atoms with van der Waals surface area (Å²) >= 11 is 5.93. The SMILES string of the molecule is Cc1cccc(NC(=O)[C@H](C)OC(=O)c2ccccc2Cl)c1. The number of amides is 1. The fourth-order valence-electron chi connectivity index (χ4n) is 1.87. The molecule has 1 atom stereocenters. The zero-order chi connectivity index (χ0) is 16.1. The van der Waals surface area contributed by atoms with E-state index in [1.54, 1.807) is 30.3 Å². The Labute approximate surface area is 134 Å². The Kier molecular flexibility index (Phi) is 5.17. The molecule has 0 fully saturated rings. The highest BCUT2D eigenvalue weighted by Crippen LogP contribution is 2.17. The number of carbonyl (C=O) groups is 2. The van der Waals surface area contributed by atoms with E-state index in [0.717, 1.165) is 5.56 Å². The Hall–Kier alpha value is -2.33. The Balaban J connectivity index is 1.99. The van der Waals surface area contributed by atoms with Gasteiger partial charge in [-0.3, -0.25) is 4.79 Å². The zero-order valence-electron chi connectivity index (χ0n) is 12.3. The number of rotatable bonds is 4. The largest absolute Gasteiger partial charge is 0.449 e. The third-order valence-electron chi connectivity index (χ3n) is 3.03. The lowest BCUT2D eigenvalue weighted by molar-refractivity contribution is -0.123. The van der Waals surface area contributed by atoms with Gasteiger partial charge in [-0.05, 0) is 43.7 Å². The summed E-state index contributed by atoms with van der Waals surface area (Å²) in [5.41, 5.74) is 1.92. The number of carbonyl (C=O) groups excluding carboxylic acids is 2. The van der Waals surface area contributed by atoms with Gasteiger partial charge < -0.3 is 10.1 Å². The summed E-state index contributed by atoms with van der Waals surface area (Å²) in [5.74, 6) is -1.02. The second-order valence-corrected chi connectivity index (χ2v) is 5.29. The predicted molar refractivity (Wildman–Crippen MR) is 86.1 cm³/mol. The summed E-state index contributed by atoms with van der Waals surface area (Å²) in [6.45, 7) is 3.44. The fourth-order valence-corrected chi connectivity index (χ4v) is 2.08. The molecule has 0 spiro atoms. The molecule has 0 aromatic heterocycles. The van der Waals surface area contributed by atoms with Crippen molar-refractivity contribution >= 4 is 29.2 Å². The Bertz CT molecular complexity index is 700. The van der Waals surface area contributed by atoms with Crippen LogP contribution in [-0.2, 0) is 9.53 Å². The minimum absolute atomic E-state index is 0.236. The van der Waals surface area contributed by atoms with Crippen LogP contribution in [-0.4, -0.2) is 18.0 Å². The lowest BCUT2D eigenvalue weighted by Gasteiger charge is -2.14. The van der Waals surface area contributed by atoms with Crippen molar-refractivity contribution in [2.75, 3.05) is 5.32 Å². The van der Waals surface area contributed by atoms with Crippen LogP contribution in [0.15, 0.2) is 48.5 Å². The first-order valence-corrected chi connectivity index (χ1v) is 7.18. The number of hydrogen-bond donors (Lipinski definition) is 1. The van der Waals surface area contributed by atoms with E-state index in [9.17, 15) is 9.59 Å². The van der Waals surface area contributed by atoms with E-state index in [0.29, 0.717) is 10.7 Å². The topological polar surface area (TPSA) is 55.4 Å². The zero-order valence-corrected chi connectivity index (χ0v) is 13.1. The summed E-state index contributed by atoms with van der Waals surface area (Å²) in [4.78, 5) is 24.1. The summed E-state index contributed by atoms with van der Waals surface area (Å²) in [5, 5.41) is 3.00. The molecule has 2 aromatic carbocycles. The molecular formula is C17H16ClNO3. The second kappa shape index (κ2) is 7.09. The van der Waals surface area contributed by atoms with Gasteiger partial charge in [-0.15, -0.1) is 0 Å². The number of nitrogens with one attached hydrogen (secondary N) is 1. The van der Waals surface area contributed by atoms with Crippen LogP contribution < -0.4 is 5.32 Å². The monoisotopic (exact) mass is 317 g/mol. The molecule has 0 radical (unpaired) electrons. The van der Waals surface area contributed by atoms with Crippen molar-refractivity contribution in [2.45, 2.75) is 20.0 Å². The van der Waals surface area contributed by atoms with Gasteiger partial charge in [-0.25, -0.2) is 4.79 Å². The van der Waals surface area contributed by atoms with E-state index in [-0.39, 0.29) is 5.56 Å². The first kappa shape index (κ1) is 16.0. The number of ether oxygens (including phenoxy) is 1. The van der Waals surface area contributed by atoms with Gasteiger partial charge in [0.25, 0.3) is 5.91 Å². The summed E-state index contributed by atoms with van der Waals surface area (Å²) in [7, 11) is 0. The van der Waals surface area contributed by atoms with Crippen LogP contribution in [0, 0.1) is 6.92 Å². The van der Waals surface area contributed by atoms with E-state index in [2.05, 4.69) is 5.32 Å². The van der Waals surface area contributed by atoms with Crippen LogP contribution in [0.5, 0.6) is 0 Å². The van der Waals surface area contributed by atoms with Crippen molar-refractivity contribution in [3.8, 4) is 0 Å². The highest BCUT2D eigenvalue weighted by atomic mass is 35.5. The molecule has 0 heterocycles. The normalized spacial score (nSPS) is 11.6. The maximum atomic E-state index is 12.1. The quantitative estimate of drug-likeness (QED) is 0.872. The lowest BCUT2D eigenvalue weighted by Crippen LogP contribution is -2.30. The van der Waals surface area contributed by atoms with Crippen LogP contribution >= 0.6 is 11.6 Å². The van der Waals surface area contributed by atoms with Crippen LogP contribution in [0.1, 0.15) is 22.8 Å². The molecule has 0 unspecified atom stereocenters. The van der Waals surface area contributed by atoms with Crippen LogP contribution in [0.4, 0.5) is 5.69 Å². The molecule has 114 valence electrons. The third kappa shape index (κ3) is 4.09.